The highest BCUT2D eigenvalue weighted by Crippen LogP contribution is 2.33. The fourth-order valence-electron chi connectivity index (χ4n) is 3.90. The predicted molar refractivity (Wildman–Crippen MR) is 128 cm³/mol. The van der Waals surface area contributed by atoms with Crippen molar-refractivity contribution in [2.45, 2.75) is 26.3 Å². The van der Waals surface area contributed by atoms with Crippen LogP contribution in [0.25, 0.3) is 28.0 Å². The number of fused-ring (bicyclic) bond motifs is 1. The van der Waals surface area contributed by atoms with Gasteiger partial charge < -0.3 is 15.5 Å². The van der Waals surface area contributed by atoms with Gasteiger partial charge in [0.2, 0.25) is 5.89 Å². The smallest absolute Gasteiger partial charge is 0.269 e. The number of nitrogens with one attached hydrogen (secondary N) is 1. The van der Waals surface area contributed by atoms with E-state index in [4.69, 9.17) is 15.1 Å². The van der Waals surface area contributed by atoms with Gasteiger partial charge in [0.05, 0.1) is 17.2 Å². The SMILES string of the molecule is CC[C@H](Nc1ncnc(N)c1-c1nnc(C)o1)c1nc2cccc(F)c2c(=O)n1-c1ccccc1. The summed E-state index contributed by atoms with van der Waals surface area (Å²) in [6.45, 7) is 3.59. The number of nitrogen functional groups attached to an aromatic ring is 1. The number of nitrogens with zero attached hydrogens (tertiary/aromatic N) is 6. The molecule has 10 nitrogen and oxygen atoms in total. The number of aromatic nitrogens is 6. The second-order valence-electron chi connectivity index (χ2n) is 7.79. The number of nitrogens with two attached hydrogens (primary N) is 1. The summed E-state index contributed by atoms with van der Waals surface area (Å²) in [5.74, 6) is 0.752. The lowest BCUT2D eigenvalue weighted by atomic mass is 10.1. The van der Waals surface area contributed by atoms with Crippen LogP contribution < -0.4 is 16.6 Å². The lowest BCUT2D eigenvalue weighted by Crippen LogP contribution is -2.29. The zero-order valence-corrected chi connectivity index (χ0v) is 18.9. The van der Waals surface area contributed by atoms with Gasteiger partial charge in [0.1, 0.15) is 40.6 Å². The fourth-order valence-corrected chi connectivity index (χ4v) is 3.90. The number of rotatable bonds is 6. The predicted octanol–water partition coefficient (Wildman–Crippen LogP) is 3.82. The van der Waals surface area contributed by atoms with Crippen molar-refractivity contribution in [1.29, 1.82) is 0 Å². The fraction of sp³-hybridized carbons (Fsp3) is 0.167. The highest BCUT2D eigenvalue weighted by molar-refractivity contribution is 5.80. The highest BCUT2D eigenvalue weighted by atomic mass is 19.1. The number of hydrogen-bond donors (Lipinski definition) is 2. The number of benzene rings is 2. The molecule has 0 saturated carbocycles. The van der Waals surface area contributed by atoms with Crippen LogP contribution in [0.3, 0.4) is 0 Å². The van der Waals surface area contributed by atoms with Crippen LogP contribution in [-0.2, 0) is 0 Å². The normalized spacial score (nSPS) is 12.1. The van der Waals surface area contributed by atoms with Crippen molar-refractivity contribution in [3.8, 4) is 17.1 Å². The van der Waals surface area contributed by atoms with E-state index in [1.165, 1.54) is 23.0 Å². The van der Waals surface area contributed by atoms with E-state index >= 15 is 0 Å². The van der Waals surface area contributed by atoms with Crippen LogP contribution in [0.5, 0.6) is 0 Å². The zero-order valence-electron chi connectivity index (χ0n) is 18.9. The minimum Gasteiger partial charge on any atom is -0.421 e. The topological polar surface area (TPSA) is 138 Å². The van der Waals surface area contributed by atoms with Crippen LogP contribution in [0.1, 0.15) is 31.1 Å². The zero-order chi connectivity index (χ0) is 24.5. The molecule has 5 aromatic rings. The largest absolute Gasteiger partial charge is 0.421 e. The summed E-state index contributed by atoms with van der Waals surface area (Å²) in [5, 5.41) is 11.1. The van der Waals surface area contributed by atoms with Crippen molar-refractivity contribution in [3.05, 3.63) is 82.7 Å². The van der Waals surface area contributed by atoms with Crippen LogP contribution in [0.2, 0.25) is 0 Å². The van der Waals surface area contributed by atoms with E-state index in [1.54, 1.807) is 37.3 Å². The monoisotopic (exact) mass is 472 g/mol. The van der Waals surface area contributed by atoms with Crippen molar-refractivity contribution in [2.24, 2.45) is 0 Å². The Morgan fingerprint density at radius 2 is 1.91 bits per heavy atom. The molecule has 0 aliphatic carbocycles. The molecular weight excluding hydrogens is 451 g/mol. The Bertz CT molecular complexity index is 1580. The van der Waals surface area contributed by atoms with E-state index < -0.39 is 17.4 Å². The summed E-state index contributed by atoms with van der Waals surface area (Å²) in [6, 6.07) is 12.8. The van der Waals surface area contributed by atoms with Gasteiger partial charge in [-0.25, -0.2) is 19.3 Å². The minimum atomic E-state index is -0.630. The molecule has 0 bridgehead atoms. The molecule has 0 radical (unpaired) electrons. The van der Waals surface area contributed by atoms with Crippen molar-refractivity contribution in [3.63, 3.8) is 0 Å². The quantitative estimate of drug-likeness (QED) is 0.378. The van der Waals surface area contributed by atoms with E-state index in [9.17, 15) is 9.18 Å². The summed E-state index contributed by atoms with van der Waals surface area (Å²) >= 11 is 0. The summed E-state index contributed by atoms with van der Waals surface area (Å²) in [7, 11) is 0. The third-order valence-electron chi connectivity index (χ3n) is 5.53. The lowest BCUT2D eigenvalue weighted by molar-refractivity contribution is 0.532. The van der Waals surface area contributed by atoms with Gasteiger partial charge in [0, 0.05) is 6.92 Å². The summed E-state index contributed by atoms with van der Waals surface area (Å²) < 4.78 is 21.6. The molecule has 0 aliphatic heterocycles. The molecule has 5 rings (SSSR count). The molecule has 0 amide bonds. The molecule has 3 heterocycles. The minimum absolute atomic E-state index is 0.0803. The third kappa shape index (κ3) is 3.97. The van der Waals surface area contributed by atoms with Crippen molar-refractivity contribution < 1.29 is 8.81 Å². The molecule has 2 aromatic carbocycles. The van der Waals surface area contributed by atoms with Gasteiger partial charge in [0.15, 0.2) is 0 Å². The Morgan fingerprint density at radius 1 is 1.11 bits per heavy atom. The number of hydrogen-bond acceptors (Lipinski definition) is 9. The maximum Gasteiger partial charge on any atom is 0.269 e. The van der Waals surface area contributed by atoms with Crippen LogP contribution >= 0.6 is 0 Å². The average molecular weight is 472 g/mol. The first-order valence-electron chi connectivity index (χ1n) is 10.9. The van der Waals surface area contributed by atoms with Crippen molar-refractivity contribution >= 4 is 22.5 Å². The van der Waals surface area contributed by atoms with Gasteiger partial charge in [-0.15, -0.1) is 10.2 Å². The molecule has 0 aliphatic rings. The van der Waals surface area contributed by atoms with Gasteiger partial charge in [-0.05, 0) is 30.7 Å². The Hall–Kier alpha value is -4.67. The lowest BCUT2D eigenvalue weighted by Gasteiger charge is -2.23. The van der Waals surface area contributed by atoms with Gasteiger partial charge in [0.25, 0.3) is 11.4 Å². The number of halogens is 1. The van der Waals surface area contributed by atoms with Gasteiger partial charge in [-0.1, -0.05) is 31.2 Å². The Kier molecular flexibility index (Phi) is 5.65. The van der Waals surface area contributed by atoms with E-state index in [0.29, 0.717) is 35.2 Å². The molecule has 35 heavy (non-hydrogen) atoms. The highest BCUT2D eigenvalue weighted by Gasteiger charge is 2.25. The number of para-hydroxylation sites is 1. The molecule has 1 atom stereocenters. The summed E-state index contributed by atoms with van der Waals surface area (Å²) in [4.78, 5) is 26.7. The Labute approximate surface area is 198 Å². The maximum atomic E-state index is 14.7. The molecule has 0 unspecified atom stereocenters. The van der Waals surface area contributed by atoms with Crippen molar-refractivity contribution in [2.75, 3.05) is 11.1 Å². The molecule has 11 heteroatoms. The van der Waals surface area contributed by atoms with E-state index in [0.717, 1.165) is 0 Å². The molecule has 3 aromatic heterocycles. The van der Waals surface area contributed by atoms with Gasteiger partial charge >= 0.3 is 0 Å². The van der Waals surface area contributed by atoms with Gasteiger partial charge in [-0.2, -0.15) is 0 Å². The van der Waals surface area contributed by atoms with Crippen LogP contribution in [0.15, 0.2) is 64.1 Å². The van der Waals surface area contributed by atoms with Crippen LogP contribution in [0.4, 0.5) is 16.0 Å². The van der Waals surface area contributed by atoms with Crippen LogP contribution in [0, 0.1) is 12.7 Å². The van der Waals surface area contributed by atoms with Crippen LogP contribution in [-0.4, -0.2) is 29.7 Å². The van der Waals surface area contributed by atoms with E-state index in [2.05, 4.69) is 25.5 Å². The molecule has 0 fully saturated rings. The third-order valence-corrected chi connectivity index (χ3v) is 5.53. The number of anilines is 2. The van der Waals surface area contributed by atoms with E-state index in [1.807, 2.05) is 13.0 Å². The molecule has 176 valence electrons. The second kappa shape index (κ2) is 8.93. The summed E-state index contributed by atoms with van der Waals surface area (Å²) in [5.41, 5.74) is 6.77. The first-order chi connectivity index (χ1) is 17.0. The average Bonchev–Trinajstić information content (AvgIpc) is 3.28. The summed E-state index contributed by atoms with van der Waals surface area (Å²) in [6.07, 6.45) is 1.82. The Balaban J connectivity index is 1.71. The Morgan fingerprint density at radius 3 is 2.63 bits per heavy atom. The molecule has 0 saturated heterocycles. The molecule has 3 N–H and O–H groups in total. The first-order valence-corrected chi connectivity index (χ1v) is 10.9. The molecule has 0 spiro atoms. The van der Waals surface area contributed by atoms with Crippen molar-refractivity contribution in [1.82, 2.24) is 29.7 Å². The van der Waals surface area contributed by atoms with E-state index in [-0.39, 0.29) is 22.6 Å². The second-order valence-corrected chi connectivity index (χ2v) is 7.79. The standard InChI is InChI=1S/C24H21FN8O2/c1-3-16(29-21-19(20(26)27-12-28-21)23-32-31-13(2)35-23)22-30-17-11-7-10-15(25)18(17)24(34)33(22)14-8-5-4-6-9-14/h4-12,16H,3H2,1-2H3,(H3,26,27,28,29)/t16-/m0/s1. The molecular formula is C24H21FN8O2. The first kappa shape index (κ1) is 22.1. The van der Waals surface area contributed by atoms with Gasteiger partial charge in [-0.3, -0.25) is 9.36 Å². The number of aryl methyl sites for hydroxylation is 1. The maximum absolute atomic E-state index is 14.7.